The third kappa shape index (κ3) is 3.27. The Kier molecular flexibility index (Phi) is 4.68. The lowest BCUT2D eigenvalue weighted by molar-refractivity contribution is 0.191. The van der Waals surface area contributed by atoms with E-state index in [1.165, 1.54) is 11.3 Å². The highest BCUT2D eigenvalue weighted by atomic mass is 32.1. The van der Waals surface area contributed by atoms with Crippen LogP contribution in [0.2, 0.25) is 0 Å². The van der Waals surface area contributed by atoms with Gasteiger partial charge >= 0.3 is 6.03 Å². The normalized spacial score (nSPS) is 17.7. The first-order chi connectivity index (χ1) is 10.8. The molecule has 116 valence electrons. The summed E-state index contributed by atoms with van der Waals surface area (Å²) in [5, 5.41) is 13.0. The fraction of sp³-hybridized carbons (Fsp3) is 0.438. The third-order valence-corrected chi connectivity index (χ3v) is 4.96. The number of hydrogen-bond donors (Lipinski definition) is 1. The van der Waals surface area contributed by atoms with Gasteiger partial charge in [-0.15, -0.1) is 10.2 Å². The lowest BCUT2D eigenvalue weighted by atomic mass is 10.2. The van der Waals surface area contributed by atoms with Crippen LogP contribution in [0.3, 0.4) is 0 Å². The van der Waals surface area contributed by atoms with Crippen LogP contribution in [0.25, 0.3) is 10.6 Å². The van der Waals surface area contributed by atoms with E-state index in [1.54, 1.807) is 0 Å². The fourth-order valence-electron chi connectivity index (χ4n) is 2.80. The first-order valence-electron chi connectivity index (χ1n) is 7.70. The Hall–Kier alpha value is -1.95. The second kappa shape index (κ2) is 6.87. The van der Waals surface area contributed by atoms with Crippen molar-refractivity contribution in [3.05, 3.63) is 35.3 Å². The van der Waals surface area contributed by atoms with Crippen LogP contribution in [0.15, 0.2) is 30.3 Å². The number of nitrogens with zero attached hydrogens (tertiary/aromatic N) is 3. The van der Waals surface area contributed by atoms with Gasteiger partial charge in [0.2, 0.25) is 0 Å². The van der Waals surface area contributed by atoms with Crippen LogP contribution in [-0.4, -0.2) is 33.7 Å². The molecule has 1 saturated heterocycles. The molecule has 1 aromatic carbocycles. The second-order valence-corrected chi connectivity index (χ2v) is 6.49. The molecule has 1 atom stereocenters. The minimum atomic E-state index is 0.0146. The summed E-state index contributed by atoms with van der Waals surface area (Å²) in [5.74, 6) is 0. The molecule has 0 saturated carbocycles. The van der Waals surface area contributed by atoms with Crippen molar-refractivity contribution in [2.24, 2.45) is 0 Å². The van der Waals surface area contributed by atoms with Crippen LogP contribution in [0.1, 0.15) is 31.2 Å². The summed E-state index contributed by atoms with van der Waals surface area (Å²) in [7, 11) is 0. The quantitative estimate of drug-likeness (QED) is 0.941. The van der Waals surface area contributed by atoms with E-state index >= 15 is 0 Å². The highest BCUT2D eigenvalue weighted by Crippen LogP contribution is 2.23. The third-order valence-electron chi connectivity index (χ3n) is 3.99. The van der Waals surface area contributed by atoms with E-state index in [1.807, 2.05) is 35.2 Å². The van der Waals surface area contributed by atoms with Gasteiger partial charge in [0.1, 0.15) is 10.0 Å². The maximum Gasteiger partial charge on any atom is 0.317 e. The number of nitrogens with one attached hydrogen (secondary N) is 1. The first-order valence-corrected chi connectivity index (χ1v) is 8.52. The van der Waals surface area contributed by atoms with Crippen molar-refractivity contribution in [2.75, 3.05) is 6.54 Å². The largest absolute Gasteiger partial charge is 0.331 e. The Morgan fingerprint density at radius 1 is 1.36 bits per heavy atom. The maximum absolute atomic E-state index is 12.2. The van der Waals surface area contributed by atoms with Gasteiger partial charge in [0.25, 0.3) is 0 Å². The summed E-state index contributed by atoms with van der Waals surface area (Å²) in [5.41, 5.74) is 1.06. The lowest BCUT2D eigenvalue weighted by Crippen LogP contribution is -2.42. The number of aromatic nitrogens is 2. The molecule has 2 aromatic rings. The molecule has 0 bridgehead atoms. The van der Waals surface area contributed by atoms with Gasteiger partial charge in [-0.1, -0.05) is 48.6 Å². The molecule has 5 nitrogen and oxygen atoms in total. The summed E-state index contributed by atoms with van der Waals surface area (Å²) >= 11 is 1.52. The summed E-state index contributed by atoms with van der Waals surface area (Å²) in [4.78, 5) is 14.2. The standard InChI is InChI=1S/C16H20N4OS/c1-2-13-9-6-10-20(13)16(21)17-11-14-18-19-15(22-14)12-7-4-3-5-8-12/h3-5,7-8,13H,2,6,9-11H2,1H3,(H,17,21). The van der Waals surface area contributed by atoms with Gasteiger partial charge in [-0.3, -0.25) is 0 Å². The molecule has 1 aliphatic rings. The molecule has 0 aliphatic carbocycles. The lowest BCUT2D eigenvalue weighted by Gasteiger charge is -2.23. The monoisotopic (exact) mass is 316 g/mol. The average Bonchev–Trinajstić information content (AvgIpc) is 3.22. The molecule has 22 heavy (non-hydrogen) atoms. The van der Waals surface area contributed by atoms with Gasteiger partial charge in [0, 0.05) is 18.2 Å². The molecule has 2 amide bonds. The molecular weight excluding hydrogens is 296 g/mol. The molecule has 1 aromatic heterocycles. The van der Waals surface area contributed by atoms with E-state index in [0.29, 0.717) is 12.6 Å². The zero-order valence-electron chi connectivity index (χ0n) is 12.7. The molecule has 1 fully saturated rings. The van der Waals surface area contributed by atoms with Gasteiger partial charge < -0.3 is 10.2 Å². The molecular formula is C16H20N4OS. The second-order valence-electron chi connectivity index (χ2n) is 5.42. The van der Waals surface area contributed by atoms with Gasteiger partial charge in [-0.25, -0.2) is 4.79 Å². The van der Waals surface area contributed by atoms with E-state index in [9.17, 15) is 4.79 Å². The Morgan fingerprint density at radius 3 is 2.95 bits per heavy atom. The summed E-state index contributed by atoms with van der Waals surface area (Å²) in [6, 6.07) is 10.4. The number of carbonyl (C=O) groups excluding carboxylic acids is 1. The van der Waals surface area contributed by atoms with Crippen LogP contribution >= 0.6 is 11.3 Å². The molecule has 0 spiro atoms. The summed E-state index contributed by atoms with van der Waals surface area (Å²) in [6.45, 7) is 3.43. The first kappa shape index (κ1) is 15.0. The SMILES string of the molecule is CCC1CCCN1C(=O)NCc1nnc(-c2ccccc2)s1. The van der Waals surface area contributed by atoms with Crippen LogP contribution in [0.4, 0.5) is 4.79 Å². The fourth-order valence-corrected chi connectivity index (χ4v) is 3.59. The van der Waals surface area contributed by atoms with Crippen molar-refractivity contribution in [1.29, 1.82) is 0 Å². The number of benzene rings is 1. The van der Waals surface area contributed by atoms with Crippen LogP contribution in [-0.2, 0) is 6.54 Å². The van der Waals surface area contributed by atoms with Crippen molar-refractivity contribution >= 4 is 17.4 Å². The number of hydrogen-bond acceptors (Lipinski definition) is 4. The average molecular weight is 316 g/mol. The summed E-state index contributed by atoms with van der Waals surface area (Å²) in [6.07, 6.45) is 3.23. The van der Waals surface area contributed by atoms with Gasteiger partial charge in [0.15, 0.2) is 0 Å². The van der Waals surface area contributed by atoms with Crippen molar-refractivity contribution in [3.63, 3.8) is 0 Å². The number of carbonyl (C=O) groups is 1. The predicted molar refractivity (Wildman–Crippen MR) is 87.6 cm³/mol. The van der Waals surface area contributed by atoms with Crippen molar-refractivity contribution in [2.45, 2.75) is 38.8 Å². The topological polar surface area (TPSA) is 58.1 Å². The predicted octanol–water partition coefficient (Wildman–Crippen LogP) is 3.29. The Balaban J connectivity index is 1.58. The molecule has 0 radical (unpaired) electrons. The Bertz CT molecular complexity index is 628. The van der Waals surface area contributed by atoms with Crippen LogP contribution in [0.5, 0.6) is 0 Å². The molecule has 1 aliphatic heterocycles. The van der Waals surface area contributed by atoms with E-state index in [0.717, 1.165) is 41.4 Å². The Morgan fingerprint density at radius 2 is 2.18 bits per heavy atom. The summed E-state index contributed by atoms with van der Waals surface area (Å²) < 4.78 is 0. The zero-order valence-corrected chi connectivity index (χ0v) is 13.5. The van der Waals surface area contributed by atoms with E-state index in [2.05, 4.69) is 22.4 Å². The molecule has 6 heteroatoms. The number of amides is 2. The number of rotatable bonds is 4. The minimum absolute atomic E-state index is 0.0146. The van der Waals surface area contributed by atoms with E-state index in [4.69, 9.17) is 0 Å². The maximum atomic E-state index is 12.2. The number of likely N-dealkylation sites (tertiary alicyclic amines) is 1. The van der Waals surface area contributed by atoms with Crippen molar-refractivity contribution < 1.29 is 4.79 Å². The molecule has 1 unspecified atom stereocenters. The van der Waals surface area contributed by atoms with Crippen molar-refractivity contribution in [3.8, 4) is 10.6 Å². The number of urea groups is 1. The molecule has 3 rings (SSSR count). The van der Waals surface area contributed by atoms with Crippen LogP contribution in [0, 0.1) is 0 Å². The van der Waals surface area contributed by atoms with Gasteiger partial charge in [-0.2, -0.15) is 0 Å². The zero-order chi connectivity index (χ0) is 15.4. The van der Waals surface area contributed by atoms with E-state index in [-0.39, 0.29) is 6.03 Å². The van der Waals surface area contributed by atoms with Gasteiger partial charge in [0.05, 0.1) is 6.54 Å². The van der Waals surface area contributed by atoms with Gasteiger partial charge in [-0.05, 0) is 19.3 Å². The highest BCUT2D eigenvalue weighted by molar-refractivity contribution is 7.14. The smallest absolute Gasteiger partial charge is 0.317 e. The highest BCUT2D eigenvalue weighted by Gasteiger charge is 2.27. The molecule has 1 N–H and O–H groups in total. The van der Waals surface area contributed by atoms with Crippen molar-refractivity contribution in [1.82, 2.24) is 20.4 Å². The Labute approximate surface area is 134 Å². The minimum Gasteiger partial charge on any atom is -0.331 e. The van der Waals surface area contributed by atoms with E-state index < -0.39 is 0 Å². The van der Waals surface area contributed by atoms with Crippen LogP contribution < -0.4 is 5.32 Å². The molecule has 2 heterocycles.